The molecule has 0 saturated carbocycles. The average molecular weight is 564 g/mol. The maximum absolute atomic E-state index is 12.6. The molecule has 2 aromatic carbocycles. The van der Waals surface area contributed by atoms with Crippen molar-refractivity contribution in [3.8, 4) is 22.8 Å². The lowest BCUT2D eigenvalue weighted by molar-refractivity contribution is 0.122. The number of rotatable bonds is 7. The molecule has 0 aliphatic carbocycles. The lowest BCUT2D eigenvalue weighted by Gasteiger charge is -2.33. The zero-order valence-corrected chi connectivity index (χ0v) is 23.9. The Morgan fingerprint density at radius 1 is 0.929 bits per heavy atom. The summed E-state index contributed by atoms with van der Waals surface area (Å²) in [5, 5.41) is 3.78. The van der Waals surface area contributed by atoms with E-state index in [1.807, 2.05) is 24.4 Å². The van der Waals surface area contributed by atoms with Crippen LogP contribution in [0.3, 0.4) is 0 Å². The van der Waals surface area contributed by atoms with Crippen molar-refractivity contribution in [2.75, 3.05) is 56.2 Å². The molecule has 2 saturated heterocycles. The van der Waals surface area contributed by atoms with E-state index < -0.39 is 0 Å². The highest BCUT2D eigenvalue weighted by molar-refractivity contribution is 5.74. The van der Waals surface area contributed by atoms with Gasteiger partial charge in [0.25, 0.3) is 0 Å². The summed E-state index contributed by atoms with van der Waals surface area (Å²) in [7, 11) is 0. The molecule has 2 aromatic heterocycles. The van der Waals surface area contributed by atoms with Crippen LogP contribution in [0.4, 0.5) is 11.4 Å². The summed E-state index contributed by atoms with van der Waals surface area (Å²) in [6.07, 6.45) is 5.92. The third-order valence-electron chi connectivity index (χ3n) is 8.61. The van der Waals surface area contributed by atoms with E-state index in [4.69, 9.17) is 9.47 Å². The maximum atomic E-state index is 12.6. The number of H-pyrrole nitrogens is 1. The Morgan fingerprint density at radius 2 is 1.81 bits per heavy atom. The number of anilines is 2. The third-order valence-corrected chi connectivity index (χ3v) is 8.61. The van der Waals surface area contributed by atoms with Gasteiger partial charge in [0.15, 0.2) is 0 Å². The number of hydrogen-bond donors (Lipinski definition) is 2. The lowest BCUT2D eigenvalue weighted by Crippen LogP contribution is -2.40. The average Bonchev–Trinajstić information content (AvgIpc) is 3.04. The molecule has 0 radical (unpaired) electrons. The largest absolute Gasteiger partial charge is 0.456 e. The van der Waals surface area contributed by atoms with Gasteiger partial charge in [-0.2, -0.15) is 0 Å². The smallest absolute Gasteiger partial charge is 0.250 e. The fraction of sp³-hybridized carbons (Fsp3) is 0.353. The van der Waals surface area contributed by atoms with Gasteiger partial charge in [0.05, 0.1) is 18.9 Å². The number of nitrogens with one attached hydrogen (secondary N) is 2. The van der Waals surface area contributed by atoms with E-state index >= 15 is 0 Å². The number of piperidine rings is 1. The summed E-state index contributed by atoms with van der Waals surface area (Å²) in [4.78, 5) is 24.9. The molecule has 5 heterocycles. The molecule has 2 fully saturated rings. The van der Waals surface area contributed by atoms with Crippen LogP contribution in [-0.4, -0.2) is 66.8 Å². The van der Waals surface area contributed by atoms with Crippen molar-refractivity contribution in [2.24, 2.45) is 0 Å². The van der Waals surface area contributed by atoms with Crippen LogP contribution in [0.1, 0.15) is 29.7 Å². The number of aromatic amines is 1. The third kappa shape index (κ3) is 5.91. The molecule has 0 bridgehead atoms. The van der Waals surface area contributed by atoms with E-state index in [0.717, 1.165) is 104 Å². The number of likely N-dealkylation sites (tertiary alicyclic amines) is 1. The number of nitrogens with zero attached hydrogens (tertiary/aromatic N) is 3. The van der Waals surface area contributed by atoms with Crippen LogP contribution in [0.25, 0.3) is 11.3 Å². The van der Waals surface area contributed by atoms with Crippen LogP contribution in [0.15, 0.2) is 77.7 Å². The fourth-order valence-corrected chi connectivity index (χ4v) is 6.31. The molecule has 4 aromatic rings. The zero-order valence-electron chi connectivity index (χ0n) is 23.9. The Hall–Kier alpha value is -4.14. The van der Waals surface area contributed by atoms with Crippen molar-refractivity contribution in [2.45, 2.75) is 31.7 Å². The van der Waals surface area contributed by atoms with Crippen molar-refractivity contribution in [3.63, 3.8) is 0 Å². The molecule has 0 atom stereocenters. The standard InChI is InChI=1S/C34H37N5O3/c40-33-23-29(39-16-18-41-19-17-39)22-31(37-33)30-6-3-4-24-20-25-21-28(7-8-32(25)42-34(24)30)36-27-10-14-38(15-11-27)13-9-26-5-1-2-12-35-26/h1-8,12,21-23,27,36H,9-11,13-20H2,(H,37,40). The molecular weight excluding hydrogens is 526 g/mol. The summed E-state index contributed by atoms with van der Waals surface area (Å²) in [6.45, 7) is 6.17. The van der Waals surface area contributed by atoms with Crippen molar-refractivity contribution in [1.29, 1.82) is 0 Å². The molecule has 7 rings (SSSR count). The monoisotopic (exact) mass is 563 g/mol. The number of para-hydroxylation sites is 1. The van der Waals surface area contributed by atoms with Crippen molar-refractivity contribution < 1.29 is 9.47 Å². The predicted molar refractivity (Wildman–Crippen MR) is 166 cm³/mol. The first-order valence-electron chi connectivity index (χ1n) is 15.1. The second-order valence-corrected chi connectivity index (χ2v) is 11.4. The van der Waals surface area contributed by atoms with Crippen molar-refractivity contribution in [1.82, 2.24) is 14.9 Å². The molecule has 0 amide bonds. The molecule has 0 unspecified atom stereocenters. The number of benzene rings is 2. The number of aromatic nitrogens is 2. The highest BCUT2D eigenvalue weighted by Crippen LogP contribution is 2.43. The van der Waals surface area contributed by atoms with Gasteiger partial charge in [-0.15, -0.1) is 0 Å². The van der Waals surface area contributed by atoms with E-state index in [1.54, 1.807) is 6.07 Å². The van der Waals surface area contributed by atoms with Gasteiger partial charge < -0.3 is 29.6 Å². The topological polar surface area (TPSA) is 82.7 Å². The van der Waals surface area contributed by atoms with Gasteiger partial charge in [-0.1, -0.05) is 18.2 Å². The SMILES string of the molecule is O=c1cc(N2CCOCC2)cc(-c2cccc3c2Oc2ccc(NC4CCN(CCc5ccccn5)CC4)cc2C3)[nH]1. The van der Waals surface area contributed by atoms with E-state index in [0.29, 0.717) is 19.3 Å². The minimum Gasteiger partial charge on any atom is -0.456 e. The Kier molecular flexibility index (Phi) is 7.64. The van der Waals surface area contributed by atoms with Crippen LogP contribution < -0.4 is 20.5 Å². The van der Waals surface area contributed by atoms with Crippen LogP contribution in [-0.2, 0) is 17.6 Å². The van der Waals surface area contributed by atoms with Crippen LogP contribution >= 0.6 is 0 Å². The molecule has 42 heavy (non-hydrogen) atoms. The summed E-state index contributed by atoms with van der Waals surface area (Å²) in [5.41, 5.74) is 7.09. The molecule has 216 valence electrons. The van der Waals surface area contributed by atoms with Crippen molar-refractivity contribution in [3.05, 3.63) is 100 Å². The zero-order chi connectivity index (χ0) is 28.3. The second-order valence-electron chi connectivity index (χ2n) is 11.4. The van der Waals surface area contributed by atoms with E-state index in [2.05, 4.69) is 67.5 Å². The lowest BCUT2D eigenvalue weighted by atomic mass is 9.95. The van der Waals surface area contributed by atoms with Crippen LogP contribution in [0, 0.1) is 0 Å². The molecular formula is C34H37N5O3. The van der Waals surface area contributed by atoms with Gasteiger partial charge in [0.1, 0.15) is 11.5 Å². The first-order valence-corrected chi connectivity index (χ1v) is 15.1. The second kappa shape index (κ2) is 12.0. The van der Waals surface area contributed by atoms with Crippen LogP contribution in [0.5, 0.6) is 11.5 Å². The van der Waals surface area contributed by atoms with Gasteiger partial charge >= 0.3 is 0 Å². The Bertz CT molecular complexity index is 1590. The van der Waals surface area contributed by atoms with E-state index in [9.17, 15) is 4.79 Å². The Morgan fingerprint density at radius 3 is 2.64 bits per heavy atom. The molecule has 3 aliphatic rings. The summed E-state index contributed by atoms with van der Waals surface area (Å²) in [5.74, 6) is 1.69. The molecule has 3 aliphatic heterocycles. The predicted octanol–water partition coefficient (Wildman–Crippen LogP) is 5.09. The quantitative estimate of drug-likeness (QED) is 0.286. The summed E-state index contributed by atoms with van der Waals surface area (Å²) >= 11 is 0. The Labute approximate surface area is 246 Å². The number of morpholine rings is 1. The maximum Gasteiger partial charge on any atom is 0.250 e. The van der Waals surface area contributed by atoms with Crippen molar-refractivity contribution >= 4 is 11.4 Å². The first-order chi connectivity index (χ1) is 20.7. The van der Waals surface area contributed by atoms with Gasteiger partial charge in [-0.3, -0.25) is 9.78 Å². The number of fused-ring (bicyclic) bond motifs is 2. The van der Waals surface area contributed by atoms with Gasteiger partial charge in [0, 0.05) is 92.1 Å². The number of ether oxygens (including phenoxy) is 2. The van der Waals surface area contributed by atoms with Crippen LogP contribution in [0.2, 0.25) is 0 Å². The summed E-state index contributed by atoms with van der Waals surface area (Å²) in [6, 6.07) is 23.0. The molecule has 0 spiro atoms. The first kappa shape index (κ1) is 26.7. The molecule has 2 N–H and O–H groups in total. The fourth-order valence-electron chi connectivity index (χ4n) is 6.31. The minimum absolute atomic E-state index is 0.113. The minimum atomic E-state index is -0.113. The highest BCUT2D eigenvalue weighted by Gasteiger charge is 2.24. The highest BCUT2D eigenvalue weighted by atomic mass is 16.5. The normalized spacial score (nSPS) is 17.3. The van der Waals surface area contributed by atoms with Gasteiger partial charge in [0.2, 0.25) is 5.56 Å². The number of hydrogen-bond acceptors (Lipinski definition) is 7. The number of pyridine rings is 2. The molecule has 8 nitrogen and oxygen atoms in total. The Balaban J connectivity index is 1.02. The molecule has 8 heteroatoms. The van der Waals surface area contributed by atoms with E-state index in [1.165, 1.54) is 5.56 Å². The van der Waals surface area contributed by atoms with Gasteiger partial charge in [-0.25, -0.2) is 0 Å². The van der Waals surface area contributed by atoms with Gasteiger partial charge in [-0.05, 0) is 60.9 Å². The summed E-state index contributed by atoms with van der Waals surface area (Å²) < 4.78 is 12.0. The van der Waals surface area contributed by atoms with E-state index in [-0.39, 0.29) is 5.56 Å².